The number of fused-ring (bicyclic) bond motifs is 1. The van der Waals surface area contributed by atoms with Gasteiger partial charge in [0.05, 0.1) is 26.9 Å². The average molecular weight is 333 g/mol. The molecule has 0 bridgehead atoms. The van der Waals surface area contributed by atoms with Gasteiger partial charge in [0.2, 0.25) is 5.75 Å². The van der Waals surface area contributed by atoms with Crippen LogP contribution in [0.15, 0.2) is 17.2 Å². The molecule has 6 nitrogen and oxygen atoms in total. The van der Waals surface area contributed by atoms with Gasteiger partial charge in [0.1, 0.15) is 0 Å². The van der Waals surface area contributed by atoms with E-state index < -0.39 is 0 Å². The molecule has 0 radical (unpaired) electrons. The Kier molecular flexibility index (Phi) is 5.14. The summed E-state index contributed by atoms with van der Waals surface area (Å²) in [5, 5.41) is 4.56. The Balaban J connectivity index is 1.91. The van der Waals surface area contributed by atoms with E-state index in [4.69, 9.17) is 14.2 Å². The van der Waals surface area contributed by atoms with Gasteiger partial charge in [0, 0.05) is 31.1 Å². The molecule has 2 heterocycles. The number of hydrogen-bond acceptors (Lipinski definition) is 6. The summed E-state index contributed by atoms with van der Waals surface area (Å²) < 4.78 is 17.0. The van der Waals surface area contributed by atoms with E-state index in [2.05, 4.69) is 29.4 Å². The fourth-order valence-electron chi connectivity index (χ4n) is 3.44. The van der Waals surface area contributed by atoms with Crippen LogP contribution in [0.3, 0.4) is 0 Å². The summed E-state index contributed by atoms with van der Waals surface area (Å²) in [6, 6.07) is 4.22. The Morgan fingerprint density at radius 1 is 1.25 bits per heavy atom. The van der Waals surface area contributed by atoms with E-state index in [9.17, 15) is 0 Å². The summed E-state index contributed by atoms with van der Waals surface area (Å²) in [5.74, 6) is 2.47. The molecular weight excluding hydrogens is 306 g/mol. The van der Waals surface area contributed by atoms with Crippen LogP contribution in [0, 0.1) is 5.92 Å². The third-order valence-electron chi connectivity index (χ3n) is 4.73. The molecule has 2 unspecified atom stereocenters. The van der Waals surface area contributed by atoms with Crippen molar-refractivity contribution in [3.63, 3.8) is 0 Å². The molecule has 1 N–H and O–H groups in total. The van der Waals surface area contributed by atoms with Crippen molar-refractivity contribution in [2.75, 3.05) is 41.0 Å². The second-order valence-electron chi connectivity index (χ2n) is 6.43. The van der Waals surface area contributed by atoms with E-state index in [1.807, 2.05) is 12.1 Å². The molecule has 1 fully saturated rings. The first-order chi connectivity index (χ1) is 11.7. The number of hydrogen-bond donors (Lipinski definition) is 1. The lowest BCUT2D eigenvalue weighted by Gasteiger charge is -2.31. The van der Waals surface area contributed by atoms with Crippen LogP contribution in [0.1, 0.15) is 31.4 Å². The van der Waals surface area contributed by atoms with Gasteiger partial charge in [-0.25, -0.2) is 0 Å². The maximum atomic E-state index is 5.83. The zero-order valence-electron chi connectivity index (χ0n) is 15.0. The molecule has 0 amide bonds. The van der Waals surface area contributed by atoms with Gasteiger partial charge < -0.3 is 24.5 Å². The van der Waals surface area contributed by atoms with Gasteiger partial charge in [-0.15, -0.1) is 0 Å². The highest BCUT2D eigenvalue weighted by molar-refractivity contribution is 5.90. The molecule has 6 heteroatoms. The maximum absolute atomic E-state index is 5.83. The van der Waals surface area contributed by atoms with Crippen LogP contribution in [0.25, 0.3) is 0 Å². The summed E-state index contributed by atoms with van der Waals surface area (Å²) in [6.45, 7) is 4.79. The van der Waals surface area contributed by atoms with Crippen LogP contribution in [0.2, 0.25) is 0 Å². The molecule has 1 aromatic carbocycles. The standard InChI is InChI=1S/C18H27N3O3/c1-5-8-24-18-15(22-3)9-12(10-16(18)23-4)17-13-11-21(2)7-6-14(13)19-20-17/h9-10,13,17,20H,5-8,11H2,1-4H3. The second kappa shape index (κ2) is 7.30. The Morgan fingerprint density at radius 2 is 1.96 bits per heavy atom. The van der Waals surface area contributed by atoms with Crippen LogP contribution in [0.5, 0.6) is 17.2 Å². The van der Waals surface area contributed by atoms with E-state index in [1.165, 1.54) is 5.71 Å². The molecule has 24 heavy (non-hydrogen) atoms. The van der Waals surface area contributed by atoms with Gasteiger partial charge in [-0.05, 0) is 31.2 Å². The smallest absolute Gasteiger partial charge is 0.203 e. The van der Waals surface area contributed by atoms with Crippen LogP contribution in [-0.2, 0) is 0 Å². The molecule has 0 aromatic heterocycles. The number of nitrogens with one attached hydrogen (secondary N) is 1. The number of benzene rings is 1. The highest BCUT2D eigenvalue weighted by Crippen LogP contribution is 2.42. The number of piperidine rings is 1. The number of hydrazone groups is 1. The topological polar surface area (TPSA) is 55.3 Å². The normalized spacial score (nSPS) is 23.2. The lowest BCUT2D eigenvalue weighted by molar-refractivity contribution is 0.267. The van der Waals surface area contributed by atoms with Crippen LogP contribution in [-0.4, -0.2) is 51.6 Å². The van der Waals surface area contributed by atoms with Gasteiger partial charge in [0.15, 0.2) is 11.5 Å². The molecule has 0 spiro atoms. The van der Waals surface area contributed by atoms with E-state index in [0.29, 0.717) is 29.8 Å². The Morgan fingerprint density at radius 3 is 2.58 bits per heavy atom. The van der Waals surface area contributed by atoms with Crippen molar-refractivity contribution in [1.82, 2.24) is 10.3 Å². The molecule has 2 aliphatic heterocycles. The third kappa shape index (κ3) is 3.15. The summed E-state index contributed by atoms with van der Waals surface area (Å²) in [4.78, 5) is 2.36. The van der Waals surface area contributed by atoms with Crippen molar-refractivity contribution < 1.29 is 14.2 Å². The van der Waals surface area contributed by atoms with E-state index >= 15 is 0 Å². The van der Waals surface area contributed by atoms with E-state index in [1.54, 1.807) is 14.2 Å². The maximum Gasteiger partial charge on any atom is 0.203 e. The quantitative estimate of drug-likeness (QED) is 0.866. The fourth-order valence-corrected chi connectivity index (χ4v) is 3.44. The molecule has 132 valence electrons. The predicted molar refractivity (Wildman–Crippen MR) is 94.2 cm³/mol. The monoisotopic (exact) mass is 333 g/mol. The summed E-state index contributed by atoms with van der Waals surface area (Å²) >= 11 is 0. The Labute approximate surface area is 143 Å². The number of ether oxygens (including phenoxy) is 3. The van der Waals surface area contributed by atoms with Crippen molar-refractivity contribution in [1.29, 1.82) is 0 Å². The molecular formula is C18H27N3O3. The van der Waals surface area contributed by atoms with Gasteiger partial charge in [0.25, 0.3) is 0 Å². The largest absolute Gasteiger partial charge is 0.493 e. The van der Waals surface area contributed by atoms with Gasteiger partial charge in [-0.3, -0.25) is 0 Å². The number of likely N-dealkylation sites (tertiary alicyclic amines) is 1. The van der Waals surface area contributed by atoms with Crippen molar-refractivity contribution in [2.45, 2.75) is 25.8 Å². The van der Waals surface area contributed by atoms with Crippen molar-refractivity contribution in [3.05, 3.63) is 17.7 Å². The molecule has 1 aromatic rings. The van der Waals surface area contributed by atoms with E-state index in [-0.39, 0.29) is 6.04 Å². The molecule has 0 aliphatic carbocycles. The zero-order valence-corrected chi connectivity index (χ0v) is 15.0. The van der Waals surface area contributed by atoms with Crippen molar-refractivity contribution >= 4 is 5.71 Å². The molecule has 2 atom stereocenters. The Hall–Kier alpha value is -1.95. The van der Waals surface area contributed by atoms with Crippen LogP contribution < -0.4 is 19.6 Å². The minimum Gasteiger partial charge on any atom is -0.493 e. The molecule has 1 saturated heterocycles. The van der Waals surface area contributed by atoms with Gasteiger partial charge in [-0.1, -0.05) is 6.92 Å². The summed E-state index contributed by atoms with van der Waals surface area (Å²) in [7, 11) is 5.49. The lowest BCUT2D eigenvalue weighted by Crippen LogP contribution is -2.39. The first kappa shape index (κ1) is 16.9. The minimum absolute atomic E-state index is 0.144. The summed E-state index contributed by atoms with van der Waals surface area (Å²) in [5.41, 5.74) is 5.69. The van der Waals surface area contributed by atoms with Crippen molar-refractivity contribution in [3.8, 4) is 17.2 Å². The average Bonchev–Trinajstić information content (AvgIpc) is 3.02. The third-order valence-corrected chi connectivity index (χ3v) is 4.73. The number of rotatable bonds is 6. The highest BCUT2D eigenvalue weighted by atomic mass is 16.5. The van der Waals surface area contributed by atoms with Crippen LogP contribution >= 0.6 is 0 Å². The first-order valence-corrected chi connectivity index (χ1v) is 8.57. The number of nitrogens with zero attached hydrogens (tertiary/aromatic N) is 2. The van der Waals surface area contributed by atoms with Crippen molar-refractivity contribution in [2.24, 2.45) is 11.0 Å². The first-order valence-electron chi connectivity index (χ1n) is 8.57. The molecule has 3 rings (SSSR count). The lowest BCUT2D eigenvalue weighted by atomic mass is 9.86. The highest BCUT2D eigenvalue weighted by Gasteiger charge is 2.36. The second-order valence-corrected chi connectivity index (χ2v) is 6.43. The minimum atomic E-state index is 0.144. The van der Waals surface area contributed by atoms with Crippen LogP contribution in [0.4, 0.5) is 0 Å². The Bertz CT molecular complexity index is 593. The molecule has 0 saturated carbocycles. The van der Waals surface area contributed by atoms with E-state index in [0.717, 1.165) is 31.5 Å². The van der Waals surface area contributed by atoms with Gasteiger partial charge in [-0.2, -0.15) is 5.10 Å². The summed E-state index contributed by atoms with van der Waals surface area (Å²) in [6.07, 6.45) is 1.96. The molecule has 2 aliphatic rings. The van der Waals surface area contributed by atoms with Gasteiger partial charge >= 0.3 is 0 Å². The number of methoxy groups -OCH3 is 2. The SMILES string of the molecule is CCCOc1c(OC)cc(C2NN=C3CCN(C)CC32)cc1OC. The zero-order chi connectivity index (χ0) is 17.1. The fraction of sp³-hybridized carbons (Fsp3) is 0.611. The predicted octanol–water partition coefficient (Wildman–Crippen LogP) is 2.44.